The van der Waals surface area contributed by atoms with E-state index in [1.165, 1.54) is 36.6 Å². The second-order valence-electron chi connectivity index (χ2n) is 6.41. The van der Waals surface area contributed by atoms with Gasteiger partial charge in [0, 0.05) is 15.7 Å². The van der Waals surface area contributed by atoms with Crippen LogP contribution in [0.25, 0.3) is 6.08 Å². The Hall–Kier alpha value is -3.55. The summed E-state index contributed by atoms with van der Waals surface area (Å²) in [6.45, 7) is 1.97. The standard InChI is InChI=1S/C23H18Cl2N2O5/c1-2-31-23(30)14-6-9-17(10-7-14)26-21(28)19(27-22(29)20-4-3-11-32-20)12-15-5-8-16(24)13-18(15)25/h3-13H,2H2,1H3,(H,26,28)(H,27,29)/b19-12-. The first kappa shape index (κ1) is 23.1. The van der Waals surface area contributed by atoms with E-state index >= 15 is 0 Å². The number of carbonyl (C=O) groups is 3. The van der Waals surface area contributed by atoms with Crippen LogP contribution in [0.5, 0.6) is 0 Å². The van der Waals surface area contributed by atoms with Crippen LogP contribution in [0.1, 0.15) is 33.4 Å². The van der Waals surface area contributed by atoms with Gasteiger partial charge in [0.1, 0.15) is 5.70 Å². The molecule has 7 nitrogen and oxygen atoms in total. The van der Waals surface area contributed by atoms with Crippen molar-refractivity contribution in [2.24, 2.45) is 0 Å². The van der Waals surface area contributed by atoms with Crippen molar-refractivity contribution in [3.63, 3.8) is 0 Å². The number of carbonyl (C=O) groups excluding carboxylic acids is 3. The molecular formula is C23H18Cl2N2O5. The molecule has 0 spiro atoms. The van der Waals surface area contributed by atoms with E-state index in [0.717, 1.165) is 0 Å². The molecule has 0 bridgehead atoms. The minimum atomic E-state index is -0.612. The van der Waals surface area contributed by atoms with Crippen LogP contribution in [0.15, 0.2) is 71.0 Å². The van der Waals surface area contributed by atoms with Gasteiger partial charge in [0.15, 0.2) is 5.76 Å². The van der Waals surface area contributed by atoms with Crippen molar-refractivity contribution in [3.8, 4) is 0 Å². The Morgan fingerprint density at radius 2 is 1.81 bits per heavy atom. The highest BCUT2D eigenvalue weighted by Gasteiger charge is 2.17. The smallest absolute Gasteiger partial charge is 0.338 e. The molecule has 0 unspecified atom stereocenters. The van der Waals surface area contributed by atoms with Gasteiger partial charge in [-0.2, -0.15) is 0 Å². The molecule has 0 aliphatic heterocycles. The summed E-state index contributed by atoms with van der Waals surface area (Å²) < 4.78 is 10.0. The maximum Gasteiger partial charge on any atom is 0.338 e. The second kappa shape index (κ2) is 10.7. The van der Waals surface area contributed by atoms with Gasteiger partial charge in [0.2, 0.25) is 0 Å². The van der Waals surface area contributed by atoms with Crippen LogP contribution in [0, 0.1) is 0 Å². The molecule has 2 aromatic carbocycles. The van der Waals surface area contributed by atoms with Crippen molar-refractivity contribution < 1.29 is 23.5 Å². The van der Waals surface area contributed by atoms with E-state index in [2.05, 4.69) is 10.6 Å². The number of nitrogens with one attached hydrogen (secondary N) is 2. The van der Waals surface area contributed by atoms with Crippen LogP contribution >= 0.6 is 23.2 Å². The predicted molar refractivity (Wildman–Crippen MR) is 122 cm³/mol. The fourth-order valence-corrected chi connectivity index (χ4v) is 3.09. The van der Waals surface area contributed by atoms with Crippen LogP contribution in [0.4, 0.5) is 5.69 Å². The highest BCUT2D eigenvalue weighted by Crippen LogP contribution is 2.23. The molecule has 0 aliphatic rings. The molecular weight excluding hydrogens is 455 g/mol. The number of hydrogen-bond acceptors (Lipinski definition) is 5. The first-order valence-corrected chi connectivity index (χ1v) is 10.2. The molecule has 1 aromatic heterocycles. The van der Waals surface area contributed by atoms with E-state index in [9.17, 15) is 14.4 Å². The molecule has 32 heavy (non-hydrogen) atoms. The fraction of sp³-hybridized carbons (Fsp3) is 0.0870. The van der Waals surface area contributed by atoms with Crippen LogP contribution in [-0.2, 0) is 9.53 Å². The molecule has 164 valence electrons. The minimum absolute atomic E-state index is 0.0321. The first-order chi connectivity index (χ1) is 15.4. The fourth-order valence-electron chi connectivity index (χ4n) is 2.63. The highest BCUT2D eigenvalue weighted by atomic mass is 35.5. The lowest BCUT2D eigenvalue weighted by molar-refractivity contribution is -0.113. The Bertz CT molecular complexity index is 1160. The van der Waals surface area contributed by atoms with Gasteiger partial charge in [0.25, 0.3) is 11.8 Å². The van der Waals surface area contributed by atoms with Crippen LogP contribution in [-0.4, -0.2) is 24.4 Å². The van der Waals surface area contributed by atoms with Crippen molar-refractivity contribution in [2.45, 2.75) is 6.92 Å². The van der Waals surface area contributed by atoms with Gasteiger partial charge in [0.05, 0.1) is 18.4 Å². The zero-order valence-electron chi connectivity index (χ0n) is 16.9. The number of halogens is 2. The van der Waals surface area contributed by atoms with E-state index in [-0.39, 0.29) is 18.1 Å². The van der Waals surface area contributed by atoms with E-state index in [0.29, 0.717) is 26.9 Å². The van der Waals surface area contributed by atoms with Gasteiger partial charge < -0.3 is 19.8 Å². The molecule has 1 heterocycles. The quantitative estimate of drug-likeness (QED) is 0.365. The average Bonchev–Trinajstić information content (AvgIpc) is 3.30. The topological polar surface area (TPSA) is 97.6 Å². The number of esters is 1. The summed E-state index contributed by atoms with van der Waals surface area (Å²) in [5, 5.41) is 5.92. The average molecular weight is 473 g/mol. The Morgan fingerprint density at radius 3 is 2.44 bits per heavy atom. The number of hydrogen-bond donors (Lipinski definition) is 2. The zero-order valence-corrected chi connectivity index (χ0v) is 18.4. The summed E-state index contributed by atoms with van der Waals surface area (Å²) in [4.78, 5) is 37.2. The Balaban J connectivity index is 1.85. The number of amides is 2. The molecule has 0 fully saturated rings. The number of ether oxygens (including phenoxy) is 1. The molecule has 0 radical (unpaired) electrons. The van der Waals surface area contributed by atoms with Crippen molar-refractivity contribution in [1.82, 2.24) is 5.32 Å². The second-order valence-corrected chi connectivity index (χ2v) is 7.25. The first-order valence-electron chi connectivity index (χ1n) is 9.47. The van der Waals surface area contributed by atoms with Crippen molar-refractivity contribution in [2.75, 3.05) is 11.9 Å². The Kier molecular flexibility index (Phi) is 7.70. The van der Waals surface area contributed by atoms with Gasteiger partial charge in [-0.25, -0.2) is 4.79 Å². The molecule has 9 heteroatoms. The number of anilines is 1. The summed E-state index contributed by atoms with van der Waals surface area (Å²) in [5.41, 5.74) is 1.15. The summed E-state index contributed by atoms with van der Waals surface area (Å²) >= 11 is 12.1. The lowest BCUT2D eigenvalue weighted by Crippen LogP contribution is -2.30. The minimum Gasteiger partial charge on any atom is -0.462 e. The molecule has 2 N–H and O–H groups in total. The lowest BCUT2D eigenvalue weighted by atomic mass is 10.1. The van der Waals surface area contributed by atoms with Crippen molar-refractivity contribution >= 4 is 52.7 Å². The molecule has 0 saturated carbocycles. The largest absolute Gasteiger partial charge is 0.462 e. The molecule has 0 atom stereocenters. The molecule has 0 aliphatic carbocycles. The lowest BCUT2D eigenvalue weighted by Gasteiger charge is -2.11. The number of benzene rings is 2. The highest BCUT2D eigenvalue weighted by molar-refractivity contribution is 6.35. The summed E-state index contributed by atoms with van der Waals surface area (Å²) in [6, 6.07) is 13.9. The zero-order chi connectivity index (χ0) is 23.1. The van der Waals surface area contributed by atoms with Crippen LogP contribution < -0.4 is 10.6 Å². The predicted octanol–water partition coefficient (Wildman–Crippen LogP) is 5.17. The molecule has 3 rings (SSSR count). The number of rotatable bonds is 7. The van der Waals surface area contributed by atoms with E-state index in [1.54, 1.807) is 37.3 Å². The van der Waals surface area contributed by atoms with Gasteiger partial charge in [-0.3, -0.25) is 9.59 Å². The summed E-state index contributed by atoms with van der Waals surface area (Å²) in [6.07, 6.45) is 2.77. The molecule has 2 amide bonds. The van der Waals surface area contributed by atoms with E-state index in [1.807, 2.05) is 0 Å². The van der Waals surface area contributed by atoms with Gasteiger partial charge in [-0.1, -0.05) is 29.3 Å². The van der Waals surface area contributed by atoms with Gasteiger partial charge >= 0.3 is 5.97 Å². The van der Waals surface area contributed by atoms with Crippen LogP contribution in [0.3, 0.4) is 0 Å². The van der Waals surface area contributed by atoms with E-state index in [4.69, 9.17) is 32.4 Å². The molecule has 0 saturated heterocycles. The Labute approximate surface area is 194 Å². The SMILES string of the molecule is CCOC(=O)c1ccc(NC(=O)/C(=C/c2ccc(Cl)cc2Cl)NC(=O)c2ccco2)cc1. The maximum absolute atomic E-state index is 12.9. The van der Waals surface area contributed by atoms with Gasteiger partial charge in [-0.15, -0.1) is 0 Å². The maximum atomic E-state index is 12.9. The monoisotopic (exact) mass is 472 g/mol. The normalized spacial score (nSPS) is 11.0. The third kappa shape index (κ3) is 6.00. The van der Waals surface area contributed by atoms with Crippen molar-refractivity contribution in [3.05, 3.63) is 93.5 Å². The van der Waals surface area contributed by atoms with E-state index < -0.39 is 17.8 Å². The van der Waals surface area contributed by atoms with Crippen molar-refractivity contribution in [1.29, 1.82) is 0 Å². The van der Waals surface area contributed by atoms with Crippen LogP contribution in [0.2, 0.25) is 10.0 Å². The summed E-state index contributed by atoms with van der Waals surface area (Å²) in [7, 11) is 0. The third-order valence-electron chi connectivity index (χ3n) is 4.15. The number of furan rings is 1. The molecule has 3 aromatic rings. The Morgan fingerprint density at radius 1 is 1.06 bits per heavy atom. The third-order valence-corrected chi connectivity index (χ3v) is 4.72. The van der Waals surface area contributed by atoms with Gasteiger partial charge in [-0.05, 0) is 67.1 Å². The summed E-state index contributed by atoms with van der Waals surface area (Å²) in [5.74, 6) is -1.65.